The Hall–Kier alpha value is -1.86. The lowest BCUT2D eigenvalue weighted by atomic mass is 10.0. The Bertz CT molecular complexity index is 674. The Morgan fingerprint density at radius 3 is 2.79 bits per heavy atom. The van der Waals surface area contributed by atoms with Crippen molar-refractivity contribution in [3.63, 3.8) is 0 Å². The van der Waals surface area contributed by atoms with Crippen LogP contribution in [0.15, 0.2) is 30.6 Å². The number of amides is 1. The first-order valence-corrected chi connectivity index (χ1v) is 8.91. The minimum atomic E-state index is -0.634. The highest BCUT2D eigenvalue weighted by atomic mass is 32.2. The molecule has 0 spiro atoms. The van der Waals surface area contributed by atoms with Crippen molar-refractivity contribution in [2.24, 2.45) is 0 Å². The smallest absolute Gasteiger partial charge is 0.242 e. The molecule has 24 heavy (non-hydrogen) atoms. The Morgan fingerprint density at radius 2 is 2.17 bits per heavy atom. The van der Waals surface area contributed by atoms with Crippen molar-refractivity contribution in [2.75, 3.05) is 26.4 Å². The van der Waals surface area contributed by atoms with Gasteiger partial charge in [0.2, 0.25) is 5.91 Å². The number of hydrogen-bond acceptors (Lipinski definition) is 4. The van der Waals surface area contributed by atoms with Gasteiger partial charge < -0.3 is 10.3 Å². The van der Waals surface area contributed by atoms with E-state index in [9.17, 15) is 9.18 Å². The normalized spacial score (nSPS) is 12.4. The van der Waals surface area contributed by atoms with Gasteiger partial charge in [-0.1, -0.05) is 18.2 Å². The fourth-order valence-corrected chi connectivity index (χ4v) is 3.27. The molecule has 1 heterocycles. The highest BCUT2D eigenvalue weighted by Crippen LogP contribution is 2.21. The average molecular weight is 350 g/mol. The van der Waals surface area contributed by atoms with Crippen LogP contribution in [0.3, 0.4) is 0 Å². The van der Waals surface area contributed by atoms with Gasteiger partial charge >= 0.3 is 0 Å². The summed E-state index contributed by atoms with van der Waals surface area (Å²) in [6.07, 6.45) is 1.68. The number of aromatic nitrogens is 2. The topological polar surface area (TPSA) is 61.0 Å². The summed E-state index contributed by atoms with van der Waals surface area (Å²) < 4.78 is 14.0. The summed E-state index contributed by atoms with van der Waals surface area (Å²) in [6.45, 7) is 2.52. The lowest BCUT2D eigenvalue weighted by molar-refractivity contribution is -0.125. The zero-order valence-corrected chi connectivity index (χ0v) is 15.0. The van der Waals surface area contributed by atoms with Crippen molar-refractivity contribution < 1.29 is 9.18 Å². The maximum absolute atomic E-state index is 14.0. The minimum Gasteiger partial charge on any atom is -0.354 e. The van der Waals surface area contributed by atoms with Gasteiger partial charge in [0.1, 0.15) is 11.9 Å². The number of nitrogens with one attached hydrogen (secondary N) is 2. The maximum atomic E-state index is 14.0. The summed E-state index contributed by atoms with van der Waals surface area (Å²) in [6, 6.07) is 5.75. The van der Waals surface area contributed by atoms with Gasteiger partial charge in [-0.2, -0.15) is 11.8 Å². The van der Waals surface area contributed by atoms with Crippen LogP contribution in [0.2, 0.25) is 0 Å². The first kappa shape index (κ1) is 18.5. The fourth-order valence-electron chi connectivity index (χ4n) is 2.40. The van der Waals surface area contributed by atoms with E-state index in [1.165, 1.54) is 6.07 Å². The van der Waals surface area contributed by atoms with Gasteiger partial charge in [0.05, 0.1) is 12.0 Å². The quantitative estimate of drug-likeness (QED) is 0.718. The monoisotopic (exact) mass is 350 g/mol. The molecule has 0 saturated carbocycles. The maximum Gasteiger partial charge on any atom is 0.242 e. The second-order valence-corrected chi connectivity index (χ2v) is 6.81. The highest BCUT2D eigenvalue weighted by molar-refractivity contribution is 7.98. The third-order valence-corrected chi connectivity index (χ3v) is 4.65. The van der Waals surface area contributed by atoms with Gasteiger partial charge in [0, 0.05) is 29.3 Å². The van der Waals surface area contributed by atoms with E-state index in [-0.39, 0.29) is 11.7 Å². The predicted octanol–water partition coefficient (Wildman–Crippen LogP) is 2.51. The van der Waals surface area contributed by atoms with Crippen LogP contribution in [-0.2, 0) is 10.5 Å². The Labute approximate surface area is 146 Å². The number of aryl methyl sites for hydroxylation is 1. The number of rotatable bonds is 8. The molecule has 5 nitrogen and oxygen atoms in total. The first-order chi connectivity index (χ1) is 11.5. The molecule has 130 valence electrons. The number of carbonyl (C=O) groups is 1. The van der Waals surface area contributed by atoms with Crippen LogP contribution in [0.1, 0.15) is 23.0 Å². The van der Waals surface area contributed by atoms with E-state index in [1.54, 1.807) is 55.3 Å². The molecule has 2 aromatic rings. The van der Waals surface area contributed by atoms with E-state index in [1.807, 2.05) is 6.92 Å². The summed E-state index contributed by atoms with van der Waals surface area (Å²) in [5.41, 5.74) is 2.49. The van der Waals surface area contributed by atoms with Crippen LogP contribution in [0.4, 0.5) is 4.39 Å². The number of carbonyl (C=O) groups excluding carboxylic acids is 1. The van der Waals surface area contributed by atoms with E-state index in [2.05, 4.69) is 15.3 Å². The number of thioether (sulfide) groups is 1. The number of aromatic amines is 1. The summed E-state index contributed by atoms with van der Waals surface area (Å²) in [4.78, 5) is 21.4. The first-order valence-electron chi connectivity index (χ1n) is 7.76. The van der Waals surface area contributed by atoms with Crippen LogP contribution in [0, 0.1) is 12.7 Å². The molecule has 1 amide bonds. The molecule has 1 aromatic heterocycles. The molecule has 2 rings (SSSR count). The third-order valence-electron chi connectivity index (χ3n) is 3.68. The number of H-pyrrole nitrogens is 1. The van der Waals surface area contributed by atoms with Gasteiger partial charge in [-0.25, -0.2) is 9.37 Å². The zero-order valence-electron chi connectivity index (χ0n) is 14.2. The minimum absolute atomic E-state index is 0.193. The van der Waals surface area contributed by atoms with E-state index in [0.29, 0.717) is 12.1 Å². The molecule has 0 aliphatic heterocycles. The van der Waals surface area contributed by atoms with Crippen molar-refractivity contribution in [3.05, 3.63) is 53.4 Å². The van der Waals surface area contributed by atoms with Crippen molar-refractivity contribution in [1.82, 2.24) is 20.2 Å². The molecule has 2 N–H and O–H groups in total. The summed E-state index contributed by atoms with van der Waals surface area (Å²) in [7, 11) is 3.54. The van der Waals surface area contributed by atoms with Gasteiger partial charge in [0.15, 0.2) is 0 Å². The van der Waals surface area contributed by atoms with Gasteiger partial charge in [-0.15, -0.1) is 0 Å². The van der Waals surface area contributed by atoms with Gasteiger partial charge in [0.25, 0.3) is 0 Å². The number of imidazole rings is 1. The third kappa shape index (κ3) is 4.82. The molecule has 1 aromatic carbocycles. The zero-order chi connectivity index (χ0) is 17.5. The van der Waals surface area contributed by atoms with Crippen LogP contribution in [0.25, 0.3) is 0 Å². The molecule has 0 bridgehead atoms. The molecule has 0 radical (unpaired) electrons. The molecule has 7 heteroatoms. The molecular formula is C17H23FN4OS. The fraction of sp³-hybridized carbons (Fsp3) is 0.412. The van der Waals surface area contributed by atoms with Crippen LogP contribution >= 0.6 is 11.8 Å². The van der Waals surface area contributed by atoms with E-state index >= 15 is 0 Å². The number of hydrogen-bond donors (Lipinski definition) is 2. The second kappa shape index (κ2) is 8.84. The molecule has 0 fully saturated rings. The lowest BCUT2D eigenvalue weighted by Gasteiger charge is -2.24. The summed E-state index contributed by atoms with van der Waals surface area (Å²) >= 11 is 1.70. The summed E-state index contributed by atoms with van der Waals surface area (Å²) in [5.74, 6) is 1.02. The van der Waals surface area contributed by atoms with Gasteiger partial charge in [-0.3, -0.25) is 9.69 Å². The van der Waals surface area contributed by atoms with Crippen molar-refractivity contribution >= 4 is 17.7 Å². The molecule has 0 saturated heterocycles. The highest BCUT2D eigenvalue weighted by Gasteiger charge is 2.25. The Kier molecular flexibility index (Phi) is 6.81. The van der Waals surface area contributed by atoms with Crippen LogP contribution in [0.5, 0.6) is 0 Å². The molecule has 1 unspecified atom stereocenters. The van der Waals surface area contributed by atoms with Crippen molar-refractivity contribution in [3.8, 4) is 0 Å². The molecular weight excluding hydrogens is 327 g/mol. The SMILES string of the molecule is Cc1[nH]cnc1CSCCNC(=O)C(c1ccccc1F)N(C)C. The van der Waals surface area contributed by atoms with Gasteiger partial charge in [-0.05, 0) is 27.1 Å². The second-order valence-electron chi connectivity index (χ2n) is 5.71. The summed E-state index contributed by atoms with van der Waals surface area (Å²) in [5, 5.41) is 2.89. The Balaban J connectivity index is 1.83. The average Bonchev–Trinajstić information content (AvgIpc) is 2.94. The lowest BCUT2D eigenvalue weighted by Crippen LogP contribution is -2.38. The van der Waals surface area contributed by atoms with E-state index < -0.39 is 6.04 Å². The van der Waals surface area contributed by atoms with Crippen LogP contribution < -0.4 is 5.32 Å². The predicted molar refractivity (Wildman–Crippen MR) is 95.3 cm³/mol. The van der Waals surface area contributed by atoms with Crippen LogP contribution in [-0.4, -0.2) is 47.2 Å². The molecule has 0 aliphatic carbocycles. The standard InChI is InChI=1S/C17H23FN4OS/c1-12-15(21-11-20-12)10-24-9-8-19-17(23)16(22(2)3)13-6-4-5-7-14(13)18/h4-7,11,16H,8-10H2,1-3H3,(H,19,23)(H,20,21). The molecule has 0 aliphatic rings. The number of likely N-dealkylation sites (N-methyl/N-ethyl adjacent to an activating group) is 1. The number of halogens is 1. The van der Waals surface area contributed by atoms with Crippen molar-refractivity contribution in [2.45, 2.75) is 18.7 Å². The molecule has 1 atom stereocenters. The van der Waals surface area contributed by atoms with E-state index in [0.717, 1.165) is 22.9 Å². The Morgan fingerprint density at radius 1 is 1.42 bits per heavy atom. The van der Waals surface area contributed by atoms with Crippen molar-refractivity contribution in [1.29, 1.82) is 0 Å². The number of benzene rings is 1. The van der Waals surface area contributed by atoms with E-state index in [4.69, 9.17) is 0 Å². The largest absolute Gasteiger partial charge is 0.354 e. The number of nitrogens with zero attached hydrogens (tertiary/aromatic N) is 2.